The van der Waals surface area contributed by atoms with Crippen LogP contribution in [0.25, 0.3) is 0 Å². The first-order chi connectivity index (χ1) is 13.2. The third kappa shape index (κ3) is 4.17. The first-order valence-electron chi connectivity index (χ1n) is 9.57. The van der Waals surface area contributed by atoms with Crippen molar-refractivity contribution in [2.75, 3.05) is 38.3 Å². The lowest BCUT2D eigenvalue weighted by Gasteiger charge is -2.28. The van der Waals surface area contributed by atoms with Crippen LogP contribution in [0.1, 0.15) is 23.6 Å². The van der Waals surface area contributed by atoms with Crippen LogP contribution in [-0.4, -0.2) is 44.5 Å². The van der Waals surface area contributed by atoms with E-state index < -0.39 is 0 Å². The van der Waals surface area contributed by atoms with Gasteiger partial charge in [0.05, 0.1) is 20.3 Å². The van der Waals surface area contributed by atoms with Crippen molar-refractivity contribution in [3.63, 3.8) is 0 Å². The van der Waals surface area contributed by atoms with Gasteiger partial charge in [0.25, 0.3) is 0 Å². The monoisotopic (exact) mass is 369 g/mol. The number of aromatic nitrogens is 1. The summed E-state index contributed by atoms with van der Waals surface area (Å²) in [4.78, 5) is 6.78. The number of benzene rings is 1. The van der Waals surface area contributed by atoms with Gasteiger partial charge in [0.15, 0.2) is 0 Å². The van der Waals surface area contributed by atoms with Crippen LogP contribution in [-0.2, 0) is 24.2 Å². The quantitative estimate of drug-likeness (QED) is 0.845. The summed E-state index contributed by atoms with van der Waals surface area (Å²) >= 11 is 0. The van der Waals surface area contributed by atoms with Crippen LogP contribution in [0.2, 0.25) is 0 Å². The van der Waals surface area contributed by atoms with Gasteiger partial charge >= 0.3 is 0 Å². The molecule has 2 aliphatic rings. The molecule has 0 aliphatic carbocycles. The molecule has 1 saturated heterocycles. The van der Waals surface area contributed by atoms with Crippen molar-refractivity contribution in [2.24, 2.45) is 0 Å². The predicted octanol–water partition coefficient (Wildman–Crippen LogP) is 2.54. The molecule has 1 aromatic heterocycles. The van der Waals surface area contributed by atoms with Gasteiger partial charge in [-0.2, -0.15) is 0 Å². The second-order valence-corrected chi connectivity index (χ2v) is 7.13. The maximum atomic E-state index is 5.89. The number of nitrogens with one attached hydrogen (secondary N) is 1. The Morgan fingerprint density at radius 2 is 2.07 bits per heavy atom. The summed E-state index contributed by atoms with van der Waals surface area (Å²) in [6, 6.07) is 8.43. The summed E-state index contributed by atoms with van der Waals surface area (Å²) in [5.74, 6) is 2.93. The Bertz CT molecular complexity index is 790. The number of anilines is 1. The number of hydrogen-bond acceptors (Lipinski definition) is 6. The van der Waals surface area contributed by atoms with Gasteiger partial charge < -0.3 is 24.4 Å². The van der Waals surface area contributed by atoms with E-state index in [1.54, 1.807) is 7.11 Å². The average Bonchev–Trinajstić information content (AvgIpc) is 3.07. The number of pyridine rings is 1. The molecule has 6 nitrogen and oxygen atoms in total. The number of hydrogen-bond donors (Lipinski definition) is 1. The van der Waals surface area contributed by atoms with E-state index in [9.17, 15) is 0 Å². The second-order valence-electron chi connectivity index (χ2n) is 7.13. The molecule has 4 rings (SSSR count). The molecule has 0 amide bonds. The van der Waals surface area contributed by atoms with Gasteiger partial charge in [-0.25, -0.2) is 4.98 Å². The Balaban J connectivity index is 1.39. The molecule has 0 unspecified atom stereocenters. The molecular formula is C21H27N3O3. The maximum absolute atomic E-state index is 5.89. The number of fused-ring (bicyclic) bond motifs is 1. The van der Waals surface area contributed by atoms with E-state index >= 15 is 0 Å². The van der Waals surface area contributed by atoms with Gasteiger partial charge in [0, 0.05) is 49.9 Å². The smallest absolute Gasteiger partial charge is 0.128 e. The Morgan fingerprint density at radius 1 is 1.22 bits per heavy atom. The largest absolute Gasteiger partial charge is 0.496 e. The van der Waals surface area contributed by atoms with Crippen molar-refractivity contribution >= 4 is 5.82 Å². The molecule has 2 aliphatic heterocycles. The molecule has 0 radical (unpaired) electrons. The second kappa shape index (κ2) is 8.15. The van der Waals surface area contributed by atoms with E-state index in [4.69, 9.17) is 14.2 Å². The van der Waals surface area contributed by atoms with E-state index in [1.165, 1.54) is 11.1 Å². The van der Waals surface area contributed by atoms with Crippen LogP contribution >= 0.6 is 0 Å². The highest BCUT2D eigenvalue weighted by Gasteiger charge is 2.21. The molecule has 0 spiro atoms. The SMILES string of the molecule is COc1cc2c(cc1CNCc1ccnc(N3CCOCC3)c1)O[C@@H](C)C2. The molecule has 0 bridgehead atoms. The van der Waals surface area contributed by atoms with Crippen LogP contribution in [0, 0.1) is 0 Å². The van der Waals surface area contributed by atoms with E-state index in [1.807, 2.05) is 6.20 Å². The van der Waals surface area contributed by atoms with Gasteiger partial charge in [-0.3, -0.25) is 0 Å². The lowest BCUT2D eigenvalue weighted by molar-refractivity contribution is 0.122. The third-order valence-electron chi connectivity index (χ3n) is 5.09. The summed E-state index contributed by atoms with van der Waals surface area (Å²) in [6.45, 7) is 6.93. The minimum Gasteiger partial charge on any atom is -0.496 e. The van der Waals surface area contributed by atoms with E-state index in [0.29, 0.717) is 0 Å². The number of ether oxygens (including phenoxy) is 3. The first kappa shape index (κ1) is 18.1. The summed E-state index contributed by atoms with van der Waals surface area (Å²) < 4.78 is 16.9. The fourth-order valence-electron chi connectivity index (χ4n) is 3.69. The third-order valence-corrected chi connectivity index (χ3v) is 5.09. The lowest BCUT2D eigenvalue weighted by Crippen LogP contribution is -2.36. The highest BCUT2D eigenvalue weighted by atomic mass is 16.5. The zero-order valence-corrected chi connectivity index (χ0v) is 16.0. The summed E-state index contributed by atoms with van der Waals surface area (Å²) in [5, 5.41) is 3.52. The first-order valence-corrected chi connectivity index (χ1v) is 9.57. The Hall–Kier alpha value is -2.31. The number of nitrogens with zero attached hydrogens (tertiary/aromatic N) is 2. The molecule has 1 aromatic carbocycles. The average molecular weight is 369 g/mol. The molecule has 2 aromatic rings. The van der Waals surface area contributed by atoms with E-state index in [0.717, 1.165) is 68.7 Å². The highest BCUT2D eigenvalue weighted by Crippen LogP contribution is 2.34. The van der Waals surface area contributed by atoms with Crippen molar-refractivity contribution in [3.05, 3.63) is 47.2 Å². The molecule has 3 heterocycles. The molecule has 1 atom stereocenters. The van der Waals surface area contributed by atoms with Crippen molar-refractivity contribution in [1.29, 1.82) is 0 Å². The van der Waals surface area contributed by atoms with Crippen molar-refractivity contribution in [2.45, 2.75) is 32.5 Å². The molecular weight excluding hydrogens is 342 g/mol. The molecule has 1 fully saturated rings. The minimum absolute atomic E-state index is 0.239. The summed E-state index contributed by atoms with van der Waals surface area (Å²) in [6.07, 6.45) is 3.07. The van der Waals surface area contributed by atoms with Gasteiger partial charge in [-0.1, -0.05) is 0 Å². The Labute approximate surface area is 160 Å². The normalized spacial score (nSPS) is 18.9. The number of morpholine rings is 1. The standard InChI is InChI=1S/C21H27N3O3/c1-15-9-17-11-19(25-2)18(12-20(17)27-15)14-22-13-16-3-4-23-21(10-16)24-5-7-26-8-6-24/h3-4,10-12,15,22H,5-9,13-14H2,1-2H3/t15-/m0/s1. The Morgan fingerprint density at radius 3 is 2.89 bits per heavy atom. The summed E-state index contributed by atoms with van der Waals surface area (Å²) in [5.41, 5.74) is 3.57. The van der Waals surface area contributed by atoms with Gasteiger partial charge in [-0.05, 0) is 36.8 Å². The fourth-order valence-corrected chi connectivity index (χ4v) is 3.69. The van der Waals surface area contributed by atoms with Gasteiger partial charge in [0.2, 0.25) is 0 Å². The lowest BCUT2D eigenvalue weighted by atomic mass is 10.1. The molecule has 0 saturated carbocycles. The fraction of sp³-hybridized carbons (Fsp3) is 0.476. The molecule has 144 valence electrons. The Kier molecular flexibility index (Phi) is 5.45. The van der Waals surface area contributed by atoms with Gasteiger partial charge in [0.1, 0.15) is 23.4 Å². The molecule has 27 heavy (non-hydrogen) atoms. The zero-order chi connectivity index (χ0) is 18.6. The topological polar surface area (TPSA) is 55.9 Å². The van der Waals surface area contributed by atoms with Crippen molar-refractivity contribution in [3.8, 4) is 11.5 Å². The van der Waals surface area contributed by atoms with Crippen LogP contribution in [0.15, 0.2) is 30.5 Å². The molecule has 6 heteroatoms. The van der Waals surface area contributed by atoms with E-state index in [2.05, 4.69) is 46.4 Å². The minimum atomic E-state index is 0.239. The predicted molar refractivity (Wildman–Crippen MR) is 105 cm³/mol. The van der Waals surface area contributed by atoms with Crippen molar-refractivity contribution < 1.29 is 14.2 Å². The summed E-state index contributed by atoms with van der Waals surface area (Å²) in [7, 11) is 1.72. The van der Waals surface area contributed by atoms with Crippen LogP contribution in [0.4, 0.5) is 5.82 Å². The maximum Gasteiger partial charge on any atom is 0.128 e. The number of methoxy groups -OCH3 is 1. The number of rotatable bonds is 6. The highest BCUT2D eigenvalue weighted by molar-refractivity contribution is 5.48. The van der Waals surface area contributed by atoms with E-state index in [-0.39, 0.29) is 6.10 Å². The van der Waals surface area contributed by atoms with Crippen LogP contribution in [0.5, 0.6) is 11.5 Å². The van der Waals surface area contributed by atoms with Crippen molar-refractivity contribution in [1.82, 2.24) is 10.3 Å². The van der Waals surface area contributed by atoms with Gasteiger partial charge in [-0.15, -0.1) is 0 Å². The van der Waals surface area contributed by atoms with Crippen LogP contribution < -0.4 is 19.7 Å². The molecule has 1 N–H and O–H groups in total. The zero-order valence-electron chi connectivity index (χ0n) is 16.0. The van der Waals surface area contributed by atoms with Crippen LogP contribution in [0.3, 0.4) is 0 Å².